The summed E-state index contributed by atoms with van der Waals surface area (Å²) in [6, 6.07) is 5.82. The van der Waals surface area contributed by atoms with E-state index >= 15 is 0 Å². The van der Waals surface area contributed by atoms with Crippen molar-refractivity contribution < 1.29 is 5.11 Å². The second-order valence-corrected chi connectivity index (χ2v) is 4.93. The molecular weight excluding hydrogens is 224 g/mol. The van der Waals surface area contributed by atoms with Crippen molar-refractivity contribution in [2.75, 3.05) is 25.4 Å². The number of aliphatic hydroxyl groups is 1. The van der Waals surface area contributed by atoms with Gasteiger partial charge < -0.3 is 15.7 Å². The molecule has 0 spiro atoms. The Morgan fingerprint density at radius 1 is 1.22 bits per heavy atom. The molecule has 0 heterocycles. The minimum atomic E-state index is -0.453. The maximum absolute atomic E-state index is 10.3. The molecule has 102 valence electrons. The van der Waals surface area contributed by atoms with Crippen LogP contribution >= 0.6 is 0 Å². The zero-order valence-electron chi connectivity index (χ0n) is 11.8. The maximum Gasteiger partial charge on any atom is 0.0917 e. The number of nitrogens with zero attached hydrogens (tertiary/aromatic N) is 1. The normalized spacial score (nSPS) is 12.9. The van der Waals surface area contributed by atoms with E-state index in [9.17, 15) is 5.11 Å². The van der Waals surface area contributed by atoms with Gasteiger partial charge in [0.1, 0.15) is 0 Å². The van der Waals surface area contributed by atoms with Crippen LogP contribution in [0.5, 0.6) is 0 Å². The topological polar surface area (TPSA) is 49.5 Å². The molecule has 3 N–H and O–H groups in total. The number of anilines is 1. The average Bonchev–Trinajstić information content (AvgIpc) is 2.33. The van der Waals surface area contributed by atoms with Crippen LogP contribution in [0, 0.1) is 6.92 Å². The van der Waals surface area contributed by atoms with Crippen LogP contribution < -0.4 is 5.73 Å². The minimum Gasteiger partial charge on any atom is -0.399 e. The molecule has 0 saturated carbocycles. The Bertz CT molecular complexity index is 360. The number of benzene rings is 1. The summed E-state index contributed by atoms with van der Waals surface area (Å²) in [7, 11) is 0. The van der Waals surface area contributed by atoms with Gasteiger partial charge in [0, 0.05) is 12.2 Å². The Morgan fingerprint density at radius 3 is 2.33 bits per heavy atom. The standard InChI is InChI=1S/C15H26N2O/c1-4-8-17(9-5-2)11-15(18)13-7-6-12(3)14(16)10-13/h6-7,10,15,18H,4-5,8-9,11,16H2,1-3H3. The van der Waals surface area contributed by atoms with Crippen LogP contribution in [0.4, 0.5) is 5.69 Å². The Morgan fingerprint density at radius 2 is 1.83 bits per heavy atom. The molecule has 0 aliphatic heterocycles. The molecule has 0 aromatic heterocycles. The molecule has 1 aromatic carbocycles. The van der Waals surface area contributed by atoms with E-state index in [1.165, 1.54) is 0 Å². The summed E-state index contributed by atoms with van der Waals surface area (Å²) in [5.41, 5.74) is 8.61. The van der Waals surface area contributed by atoms with E-state index in [2.05, 4.69) is 18.7 Å². The summed E-state index contributed by atoms with van der Waals surface area (Å²) in [5, 5.41) is 10.3. The molecule has 18 heavy (non-hydrogen) atoms. The largest absolute Gasteiger partial charge is 0.399 e. The fraction of sp³-hybridized carbons (Fsp3) is 0.600. The van der Waals surface area contributed by atoms with Gasteiger partial charge in [0.15, 0.2) is 0 Å². The number of aryl methyl sites for hydroxylation is 1. The first-order valence-electron chi connectivity index (χ1n) is 6.84. The van der Waals surface area contributed by atoms with Gasteiger partial charge in [-0.1, -0.05) is 26.0 Å². The van der Waals surface area contributed by atoms with Crippen LogP contribution in [0.1, 0.15) is 43.9 Å². The van der Waals surface area contributed by atoms with E-state index in [0.29, 0.717) is 6.54 Å². The highest BCUT2D eigenvalue weighted by molar-refractivity contribution is 5.48. The molecule has 3 nitrogen and oxygen atoms in total. The summed E-state index contributed by atoms with van der Waals surface area (Å²) in [5.74, 6) is 0. The second-order valence-electron chi connectivity index (χ2n) is 4.93. The van der Waals surface area contributed by atoms with Crippen molar-refractivity contribution in [3.63, 3.8) is 0 Å². The fourth-order valence-electron chi connectivity index (χ4n) is 2.14. The SMILES string of the molecule is CCCN(CCC)CC(O)c1ccc(C)c(N)c1. The lowest BCUT2D eigenvalue weighted by molar-refractivity contribution is 0.113. The second kappa shape index (κ2) is 7.39. The number of rotatable bonds is 7. The molecule has 0 aliphatic rings. The third kappa shape index (κ3) is 4.31. The predicted molar refractivity (Wildman–Crippen MR) is 77.6 cm³/mol. The molecule has 1 atom stereocenters. The van der Waals surface area contributed by atoms with Crippen molar-refractivity contribution in [3.8, 4) is 0 Å². The van der Waals surface area contributed by atoms with Crippen LogP contribution in [0.2, 0.25) is 0 Å². The average molecular weight is 250 g/mol. The van der Waals surface area contributed by atoms with Gasteiger partial charge in [0.25, 0.3) is 0 Å². The zero-order chi connectivity index (χ0) is 13.5. The summed E-state index contributed by atoms with van der Waals surface area (Å²) < 4.78 is 0. The lowest BCUT2D eigenvalue weighted by atomic mass is 10.1. The Balaban J connectivity index is 2.67. The fourth-order valence-corrected chi connectivity index (χ4v) is 2.14. The van der Waals surface area contributed by atoms with Crippen molar-refractivity contribution in [1.82, 2.24) is 4.90 Å². The molecule has 0 aliphatic carbocycles. The van der Waals surface area contributed by atoms with Crippen LogP contribution in [0.15, 0.2) is 18.2 Å². The van der Waals surface area contributed by atoms with Crippen LogP contribution in [0.3, 0.4) is 0 Å². The number of hydrogen-bond acceptors (Lipinski definition) is 3. The zero-order valence-corrected chi connectivity index (χ0v) is 11.8. The third-order valence-corrected chi connectivity index (χ3v) is 3.20. The van der Waals surface area contributed by atoms with Gasteiger partial charge >= 0.3 is 0 Å². The van der Waals surface area contributed by atoms with Gasteiger partial charge in [-0.15, -0.1) is 0 Å². The lowest BCUT2D eigenvalue weighted by Crippen LogP contribution is -2.30. The van der Waals surface area contributed by atoms with Crippen molar-refractivity contribution in [2.45, 2.75) is 39.7 Å². The number of hydrogen-bond donors (Lipinski definition) is 2. The monoisotopic (exact) mass is 250 g/mol. The van der Waals surface area contributed by atoms with Gasteiger partial charge in [-0.3, -0.25) is 0 Å². The Hall–Kier alpha value is -1.06. The van der Waals surface area contributed by atoms with Crippen molar-refractivity contribution in [2.24, 2.45) is 0 Å². The Labute approximate surface area is 111 Å². The van der Waals surface area contributed by atoms with E-state index in [1.54, 1.807) is 0 Å². The molecule has 0 radical (unpaired) electrons. The maximum atomic E-state index is 10.3. The van der Waals surface area contributed by atoms with Gasteiger partial charge in [-0.05, 0) is 50.0 Å². The van der Waals surface area contributed by atoms with Crippen molar-refractivity contribution in [1.29, 1.82) is 0 Å². The number of nitrogens with two attached hydrogens (primary N) is 1. The van der Waals surface area contributed by atoms with Gasteiger partial charge in [0.05, 0.1) is 6.10 Å². The number of nitrogen functional groups attached to an aromatic ring is 1. The minimum absolute atomic E-state index is 0.453. The molecule has 1 rings (SSSR count). The molecule has 3 heteroatoms. The van der Waals surface area contributed by atoms with Crippen LogP contribution in [-0.4, -0.2) is 29.6 Å². The first-order valence-corrected chi connectivity index (χ1v) is 6.84. The first-order chi connectivity index (χ1) is 8.58. The molecule has 1 unspecified atom stereocenters. The third-order valence-electron chi connectivity index (χ3n) is 3.20. The molecule has 0 saturated heterocycles. The summed E-state index contributed by atoms with van der Waals surface area (Å²) in [4.78, 5) is 2.31. The van der Waals surface area contributed by atoms with Crippen LogP contribution in [-0.2, 0) is 0 Å². The van der Waals surface area contributed by atoms with Gasteiger partial charge in [0.2, 0.25) is 0 Å². The van der Waals surface area contributed by atoms with Crippen LogP contribution in [0.25, 0.3) is 0 Å². The lowest BCUT2D eigenvalue weighted by Gasteiger charge is -2.24. The molecule has 1 aromatic rings. The smallest absolute Gasteiger partial charge is 0.0917 e. The van der Waals surface area contributed by atoms with Gasteiger partial charge in [-0.25, -0.2) is 0 Å². The quantitative estimate of drug-likeness (QED) is 0.732. The highest BCUT2D eigenvalue weighted by atomic mass is 16.3. The highest BCUT2D eigenvalue weighted by Gasteiger charge is 2.13. The first kappa shape index (κ1) is 15.0. The molecule has 0 fully saturated rings. The summed E-state index contributed by atoms with van der Waals surface area (Å²) >= 11 is 0. The molecule has 0 bridgehead atoms. The van der Waals surface area contributed by atoms with E-state index in [1.807, 2.05) is 25.1 Å². The van der Waals surface area contributed by atoms with E-state index in [4.69, 9.17) is 5.73 Å². The Kier molecular flexibility index (Phi) is 6.16. The number of aliphatic hydroxyl groups excluding tert-OH is 1. The van der Waals surface area contributed by atoms with E-state index in [0.717, 1.165) is 42.7 Å². The molecular formula is C15H26N2O. The predicted octanol–water partition coefficient (Wildman–Crippen LogP) is 2.73. The summed E-state index contributed by atoms with van der Waals surface area (Å²) in [6.45, 7) is 9.06. The van der Waals surface area contributed by atoms with Gasteiger partial charge in [-0.2, -0.15) is 0 Å². The van der Waals surface area contributed by atoms with Crippen molar-refractivity contribution >= 4 is 5.69 Å². The van der Waals surface area contributed by atoms with E-state index in [-0.39, 0.29) is 0 Å². The van der Waals surface area contributed by atoms with E-state index < -0.39 is 6.10 Å². The summed E-state index contributed by atoms with van der Waals surface area (Å²) in [6.07, 6.45) is 1.77. The van der Waals surface area contributed by atoms with Crippen molar-refractivity contribution in [3.05, 3.63) is 29.3 Å². The highest BCUT2D eigenvalue weighted by Crippen LogP contribution is 2.20. The molecule has 0 amide bonds.